The largest absolute Gasteiger partial charge is 0.352 e. The van der Waals surface area contributed by atoms with Crippen LogP contribution >= 0.6 is 15.9 Å². The average molecular weight is 325 g/mol. The van der Waals surface area contributed by atoms with E-state index in [1.807, 2.05) is 19.1 Å². The maximum absolute atomic E-state index is 12.6. The maximum atomic E-state index is 12.6. The summed E-state index contributed by atoms with van der Waals surface area (Å²) in [6, 6.07) is 5.55. The lowest BCUT2D eigenvalue weighted by Crippen LogP contribution is -2.63. The van der Waals surface area contributed by atoms with Gasteiger partial charge in [0.15, 0.2) is 0 Å². The SMILES string of the molecule is Cc1cc(Br)ccc1C(=O)N1CCNC(=O)C1(C)C. The van der Waals surface area contributed by atoms with Crippen molar-refractivity contribution in [3.63, 3.8) is 0 Å². The Balaban J connectivity index is 2.35. The molecular weight excluding hydrogens is 308 g/mol. The average Bonchev–Trinajstić information content (AvgIpc) is 2.32. The molecule has 0 unspecified atom stereocenters. The molecule has 19 heavy (non-hydrogen) atoms. The van der Waals surface area contributed by atoms with Crippen molar-refractivity contribution in [2.24, 2.45) is 0 Å². The lowest BCUT2D eigenvalue weighted by Gasteiger charge is -2.41. The third-order valence-electron chi connectivity index (χ3n) is 3.52. The second kappa shape index (κ2) is 4.96. The van der Waals surface area contributed by atoms with E-state index in [1.165, 1.54) is 0 Å². The van der Waals surface area contributed by atoms with Crippen LogP contribution in [0.4, 0.5) is 0 Å². The second-order valence-corrected chi connectivity index (χ2v) is 6.15. The van der Waals surface area contributed by atoms with E-state index in [2.05, 4.69) is 21.2 Å². The molecule has 4 nitrogen and oxygen atoms in total. The van der Waals surface area contributed by atoms with E-state index in [9.17, 15) is 9.59 Å². The Hall–Kier alpha value is -1.36. The first-order valence-corrected chi connectivity index (χ1v) is 7.00. The molecule has 1 fully saturated rings. The van der Waals surface area contributed by atoms with E-state index >= 15 is 0 Å². The Bertz CT molecular complexity index is 540. The fourth-order valence-electron chi connectivity index (χ4n) is 2.27. The molecule has 0 aliphatic carbocycles. The van der Waals surface area contributed by atoms with Gasteiger partial charge in [0.2, 0.25) is 5.91 Å². The zero-order valence-corrected chi connectivity index (χ0v) is 12.9. The summed E-state index contributed by atoms with van der Waals surface area (Å²) in [6.45, 7) is 6.48. The van der Waals surface area contributed by atoms with Gasteiger partial charge in [0, 0.05) is 23.1 Å². The molecule has 1 saturated heterocycles. The fraction of sp³-hybridized carbons (Fsp3) is 0.429. The summed E-state index contributed by atoms with van der Waals surface area (Å²) in [4.78, 5) is 26.2. The zero-order valence-electron chi connectivity index (χ0n) is 11.3. The molecule has 2 rings (SSSR count). The molecule has 0 saturated carbocycles. The summed E-state index contributed by atoms with van der Waals surface area (Å²) in [5.74, 6) is -0.202. The number of piperazine rings is 1. The van der Waals surface area contributed by atoms with Crippen LogP contribution < -0.4 is 5.32 Å². The first kappa shape index (κ1) is 14.1. The van der Waals surface area contributed by atoms with Gasteiger partial charge in [0.1, 0.15) is 5.54 Å². The van der Waals surface area contributed by atoms with Gasteiger partial charge >= 0.3 is 0 Å². The standard InChI is InChI=1S/C14H17BrN2O2/c1-9-8-10(15)4-5-11(9)12(18)17-7-6-16-13(19)14(17,2)3/h4-5,8H,6-7H2,1-3H3,(H,16,19). The molecule has 0 aromatic heterocycles. The lowest BCUT2D eigenvalue weighted by molar-refractivity contribution is -0.133. The van der Waals surface area contributed by atoms with Crippen LogP contribution in [0, 0.1) is 6.92 Å². The maximum Gasteiger partial charge on any atom is 0.255 e. The molecule has 1 N–H and O–H groups in total. The van der Waals surface area contributed by atoms with Gasteiger partial charge in [-0.2, -0.15) is 0 Å². The van der Waals surface area contributed by atoms with Crippen molar-refractivity contribution < 1.29 is 9.59 Å². The van der Waals surface area contributed by atoms with Crippen LogP contribution in [-0.2, 0) is 4.79 Å². The summed E-state index contributed by atoms with van der Waals surface area (Å²) in [7, 11) is 0. The number of rotatable bonds is 1. The van der Waals surface area contributed by atoms with Crippen LogP contribution in [0.15, 0.2) is 22.7 Å². The minimum absolute atomic E-state index is 0.0927. The number of benzene rings is 1. The van der Waals surface area contributed by atoms with Crippen LogP contribution in [0.3, 0.4) is 0 Å². The summed E-state index contributed by atoms with van der Waals surface area (Å²) < 4.78 is 0.942. The minimum Gasteiger partial charge on any atom is -0.352 e. The molecule has 102 valence electrons. The first-order chi connectivity index (χ1) is 8.84. The molecule has 0 radical (unpaired) electrons. The highest BCUT2D eigenvalue weighted by Crippen LogP contribution is 2.23. The molecule has 5 heteroatoms. The van der Waals surface area contributed by atoms with Gasteiger partial charge < -0.3 is 10.2 Å². The van der Waals surface area contributed by atoms with Crippen LogP contribution in [0.25, 0.3) is 0 Å². The summed E-state index contributed by atoms with van der Waals surface area (Å²) in [6.07, 6.45) is 0. The monoisotopic (exact) mass is 324 g/mol. The van der Waals surface area contributed by atoms with E-state index in [4.69, 9.17) is 0 Å². The highest BCUT2D eigenvalue weighted by molar-refractivity contribution is 9.10. The van der Waals surface area contributed by atoms with Crippen molar-refractivity contribution in [3.05, 3.63) is 33.8 Å². The molecule has 1 aromatic carbocycles. The lowest BCUT2D eigenvalue weighted by atomic mass is 9.96. The van der Waals surface area contributed by atoms with Crippen LogP contribution in [0.2, 0.25) is 0 Å². The van der Waals surface area contributed by atoms with Crippen LogP contribution in [-0.4, -0.2) is 35.3 Å². The van der Waals surface area contributed by atoms with Gasteiger partial charge in [0.25, 0.3) is 5.91 Å². The van der Waals surface area contributed by atoms with Gasteiger partial charge in [0.05, 0.1) is 0 Å². The molecule has 1 heterocycles. The van der Waals surface area contributed by atoms with E-state index in [1.54, 1.807) is 24.8 Å². The normalized spacial score (nSPS) is 18.1. The van der Waals surface area contributed by atoms with Gasteiger partial charge in [-0.05, 0) is 44.5 Å². The number of carbonyl (C=O) groups is 2. The van der Waals surface area contributed by atoms with E-state index in [0.29, 0.717) is 18.7 Å². The minimum atomic E-state index is -0.811. The molecule has 0 bridgehead atoms. The predicted octanol–water partition coefficient (Wildman–Crippen LogP) is 2.11. The topological polar surface area (TPSA) is 49.4 Å². The number of amides is 2. The molecule has 1 aliphatic heterocycles. The first-order valence-electron chi connectivity index (χ1n) is 6.20. The van der Waals surface area contributed by atoms with Crippen molar-refractivity contribution >= 4 is 27.7 Å². The summed E-state index contributed by atoms with van der Waals surface area (Å²) in [5, 5.41) is 2.79. The van der Waals surface area contributed by atoms with Crippen molar-refractivity contribution in [2.75, 3.05) is 13.1 Å². The molecule has 2 amide bonds. The van der Waals surface area contributed by atoms with Crippen molar-refractivity contribution in [3.8, 4) is 0 Å². The number of aryl methyl sites for hydroxylation is 1. The fourth-order valence-corrected chi connectivity index (χ4v) is 2.74. The van der Waals surface area contributed by atoms with Crippen molar-refractivity contribution in [2.45, 2.75) is 26.3 Å². The second-order valence-electron chi connectivity index (χ2n) is 5.23. The van der Waals surface area contributed by atoms with E-state index in [-0.39, 0.29) is 11.8 Å². The molecule has 0 atom stereocenters. The highest BCUT2D eigenvalue weighted by Gasteiger charge is 2.40. The number of nitrogens with one attached hydrogen (secondary N) is 1. The number of carbonyl (C=O) groups excluding carboxylic acids is 2. The number of hydrogen-bond acceptors (Lipinski definition) is 2. The van der Waals surface area contributed by atoms with Crippen LogP contribution in [0.5, 0.6) is 0 Å². The Morgan fingerprint density at radius 3 is 2.74 bits per heavy atom. The third kappa shape index (κ3) is 2.52. The highest BCUT2D eigenvalue weighted by atomic mass is 79.9. The summed E-state index contributed by atoms with van der Waals surface area (Å²) >= 11 is 3.38. The molecule has 1 aromatic rings. The quantitative estimate of drug-likeness (QED) is 0.860. The van der Waals surface area contributed by atoms with Crippen molar-refractivity contribution in [1.29, 1.82) is 0 Å². The van der Waals surface area contributed by atoms with Gasteiger partial charge in [-0.1, -0.05) is 15.9 Å². The smallest absolute Gasteiger partial charge is 0.255 e. The Morgan fingerprint density at radius 1 is 1.42 bits per heavy atom. The number of hydrogen-bond donors (Lipinski definition) is 1. The van der Waals surface area contributed by atoms with Crippen LogP contribution in [0.1, 0.15) is 29.8 Å². The van der Waals surface area contributed by atoms with Crippen molar-refractivity contribution in [1.82, 2.24) is 10.2 Å². The van der Waals surface area contributed by atoms with Gasteiger partial charge in [-0.3, -0.25) is 9.59 Å². The zero-order chi connectivity index (χ0) is 14.2. The van der Waals surface area contributed by atoms with Gasteiger partial charge in [-0.15, -0.1) is 0 Å². The van der Waals surface area contributed by atoms with E-state index in [0.717, 1.165) is 10.0 Å². The Morgan fingerprint density at radius 2 is 2.11 bits per heavy atom. The summed E-state index contributed by atoms with van der Waals surface area (Å²) in [5.41, 5.74) is 0.738. The third-order valence-corrected chi connectivity index (χ3v) is 4.01. The molecule has 0 spiro atoms. The number of nitrogens with zero attached hydrogens (tertiary/aromatic N) is 1. The van der Waals surface area contributed by atoms with Gasteiger partial charge in [-0.25, -0.2) is 0 Å². The molecular formula is C14H17BrN2O2. The Labute approximate surface area is 121 Å². The van der Waals surface area contributed by atoms with E-state index < -0.39 is 5.54 Å². The predicted molar refractivity (Wildman–Crippen MR) is 77.0 cm³/mol. The Kier molecular flexibility index (Phi) is 3.67. The number of halogens is 1. The molecule has 1 aliphatic rings.